The minimum atomic E-state index is -0.00332. The molecule has 0 aliphatic heterocycles. The summed E-state index contributed by atoms with van der Waals surface area (Å²) in [7, 11) is 0. The zero-order valence-corrected chi connectivity index (χ0v) is 16.2. The fourth-order valence-corrected chi connectivity index (χ4v) is 4.95. The molecule has 106 valence electrons. The van der Waals surface area contributed by atoms with Crippen LogP contribution < -0.4 is 4.74 Å². The SMILES string of the molecule is CCc1ccc(C(=O)COc2c(Br)cc(Br)cc2Br)s1. The van der Waals surface area contributed by atoms with E-state index in [0.717, 1.165) is 24.7 Å². The average Bonchev–Trinajstić information content (AvgIpc) is 2.86. The van der Waals surface area contributed by atoms with Gasteiger partial charge in [0, 0.05) is 9.35 Å². The number of hydrogen-bond donors (Lipinski definition) is 0. The number of aryl methyl sites for hydroxylation is 1. The van der Waals surface area contributed by atoms with Crippen molar-refractivity contribution in [1.82, 2.24) is 0 Å². The van der Waals surface area contributed by atoms with E-state index in [1.807, 2.05) is 24.3 Å². The van der Waals surface area contributed by atoms with Gasteiger partial charge in [-0.2, -0.15) is 0 Å². The monoisotopic (exact) mass is 480 g/mol. The van der Waals surface area contributed by atoms with E-state index < -0.39 is 0 Å². The third-order valence-corrected chi connectivity index (χ3v) is 5.50. The van der Waals surface area contributed by atoms with Gasteiger partial charge in [0.2, 0.25) is 5.78 Å². The van der Waals surface area contributed by atoms with Crippen molar-refractivity contribution < 1.29 is 9.53 Å². The quantitative estimate of drug-likeness (QED) is 0.499. The smallest absolute Gasteiger partial charge is 0.210 e. The molecule has 0 aliphatic carbocycles. The van der Waals surface area contributed by atoms with Crippen LogP contribution in [0.1, 0.15) is 21.5 Å². The Labute approximate surface area is 146 Å². The van der Waals surface area contributed by atoms with Crippen LogP contribution in [0.4, 0.5) is 0 Å². The fourth-order valence-electron chi connectivity index (χ4n) is 1.59. The number of carbonyl (C=O) groups is 1. The summed E-state index contributed by atoms with van der Waals surface area (Å²) in [5.74, 6) is 0.630. The Morgan fingerprint density at radius 2 is 1.85 bits per heavy atom. The van der Waals surface area contributed by atoms with Gasteiger partial charge in [0.25, 0.3) is 0 Å². The van der Waals surface area contributed by atoms with Crippen LogP contribution in [0.15, 0.2) is 37.7 Å². The normalized spacial score (nSPS) is 10.6. The van der Waals surface area contributed by atoms with Gasteiger partial charge in [0.1, 0.15) is 5.75 Å². The minimum absolute atomic E-state index is 0.00332. The molecule has 0 amide bonds. The van der Waals surface area contributed by atoms with Crippen LogP contribution in [0.2, 0.25) is 0 Å². The Hall–Kier alpha value is -0.170. The second kappa shape index (κ2) is 7.20. The first-order valence-electron chi connectivity index (χ1n) is 5.90. The maximum Gasteiger partial charge on any atom is 0.210 e. The van der Waals surface area contributed by atoms with E-state index in [4.69, 9.17) is 4.74 Å². The van der Waals surface area contributed by atoms with Gasteiger partial charge in [-0.1, -0.05) is 22.9 Å². The van der Waals surface area contributed by atoms with E-state index in [-0.39, 0.29) is 12.4 Å². The maximum atomic E-state index is 12.1. The molecule has 0 radical (unpaired) electrons. The summed E-state index contributed by atoms with van der Waals surface area (Å²) in [6.07, 6.45) is 0.947. The highest BCUT2D eigenvalue weighted by Gasteiger charge is 2.13. The first-order valence-corrected chi connectivity index (χ1v) is 9.10. The molecule has 0 saturated heterocycles. The van der Waals surface area contributed by atoms with Crippen LogP contribution in [-0.4, -0.2) is 12.4 Å². The van der Waals surface area contributed by atoms with Crippen LogP contribution in [0.25, 0.3) is 0 Å². The van der Waals surface area contributed by atoms with Crippen molar-refractivity contribution in [2.45, 2.75) is 13.3 Å². The Kier molecular flexibility index (Phi) is 5.84. The van der Waals surface area contributed by atoms with E-state index in [2.05, 4.69) is 54.7 Å². The van der Waals surface area contributed by atoms with Crippen molar-refractivity contribution in [3.63, 3.8) is 0 Å². The number of benzene rings is 1. The van der Waals surface area contributed by atoms with Gasteiger partial charge in [-0.25, -0.2) is 0 Å². The zero-order valence-electron chi connectivity index (χ0n) is 10.6. The predicted octanol–water partition coefficient (Wildman–Crippen LogP) is 5.86. The summed E-state index contributed by atoms with van der Waals surface area (Å²) in [5.41, 5.74) is 0. The Morgan fingerprint density at radius 1 is 1.20 bits per heavy atom. The van der Waals surface area contributed by atoms with Gasteiger partial charge in [-0.3, -0.25) is 4.79 Å². The standard InChI is InChI=1S/C14H11Br3O2S/c1-2-9-3-4-13(20-9)12(18)7-19-14-10(16)5-8(15)6-11(14)17/h3-6H,2,7H2,1H3. The third-order valence-electron chi connectivity index (χ3n) is 2.60. The van der Waals surface area contributed by atoms with E-state index in [1.54, 1.807) is 0 Å². The lowest BCUT2D eigenvalue weighted by Gasteiger charge is -2.09. The zero-order chi connectivity index (χ0) is 14.7. The molecule has 1 heterocycles. The number of ether oxygens (including phenoxy) is 1. The molecule has 0 fully saturated rings. The van der Waals surface area contributed by atoms with Gasteiger partial charge in [0.05, 0.1) is 13.8 Å². The fraction of sp³-hybridized carbons (Fsp3) is 0.214. The molecule has 20 heavy (non-hydrogen) atoms. The molecular formula is C14H11Br3O2S. The van der Waals surface area contributed by atoms with Crippen LogP contribution in [-0.2, 0) is 6.42 Å². The minimum Gasteiger partial charge on any atom is -0.483 e. The topological polar surface area (TPSA) is 26.3 Å². The Bertz CT molecular complexity index is 614. The van der Waals surface area contributed by atoms with Gasteiger partial charge in [-0.15, -0.1) is 11.3 Å². The largest absolute Gasteiger partial charge is 0.483 e. The molecule has 1 aromatic carbocycles. The van der Waals surface area contributed by atoms with E-state index in [1.165, 1.54) is 16.2 Å². The summed E-state index contributed by atoms with van der Waals surface area (Å²) < 4.78 is 8.15. The highest BCUT2D eigenvalue weighted by Crippen LogP contribution is 2.36. The average molecular weight is 483 g/mol. The number of hydrogen-bond acceptors (Lipinski definition) is 3. The first-order chi connectivity index (χ1) is 9.51. The van der Waals surface area contributed by atoms with Crippen molar-refractivity contribution in [3.05, 3.63) is 47.4 Å². The highest BCUT2D eigenvalue weighted by atomic mass is 79.9. The third kappa shape index (κ3) is 3.93. The van der Waals surface area contributed by atoms with Crippen molar-refractivity contribution in [1.29, 1.82) is 0 Å². The van der Waals surface area contributed by atoms with Crippen LogP contribution >= 0.6 is 59.1 Å². The number of carbonyl (C=O) groups excluding carboxylic acids is 1. The van der Waals surface area contributed by atoms with Crippen molar-refractivity contribution in [2.75, 3.05) is 6.61 Å². The molecule has 0 N–H and O–H groups in total. The summed E-state index contributed by atoms with van der Waals surface area (Å²) >= 11 is 11.8. The van der Waals surface area contributed by atoms with Gasteiger partial charge in [0.15, 0.2) is 6.61 Å². The Morgan fingerprint density at radius 3 is 2.40 bits per heavy atom. The lowest BCUT2D eigenvalue weighted by atomic mass is 10.3. The van der Waals surface area contributed by atoms with Gasteiger partial charge < -0.3 is 4.74 Å². The van der Waals surface area contributed by atoms with E-state index in [0.29, 0.717) is 5.75 Å². The lowest BCUT2D eigenvalue weighted by molar-refractivity contribution is 0.0924. The molecule has 0 aliphatic rings. The van der Waals surface area contributed by atoms with Crippen molar-refractivity contribution >= 4 is 64.9 Å². The summed E-state index contributed by atoms with van der Waals surface area (Å²) in [4.78, 5) is 14.0. The molecule has 2 rings (SSSR count). The van der Waals surface area contributed by atoms with E-state index in [9.17, 15) is 4.79 Å². The molecule has 2 aromatic rings. The molecule has 6 heteroatoms. The molecular weight excluding hydrogens is 472 g/mol. The summed E-state index contributed by atoms with van der Waals surface area (Å²) in [6.45, 7) is 2.11. The predicted molar refractivity (Wildman–Crippen MR) is 93.1 cm³/mol. The number of thiophene rings is 1. The maximum absolute atomic E-state index is 12.1. The molecule has 0 spiro atoms. The number of rotatable bonds is 5. The molecule has 0 atom stereocenters. The van der Waals surface area contributed by atoms with Crippen LogP contribution in [0.3, 0.4) is 0 Å². The van der Waals surface area contributed by atoms with Crippen molar-refractivity contribution in [3.8, 4) is 5.75 Å². The Balaban J connectivity index is 2.07. The molecule has 2 nitrogen and oxygen atoms in total. The number of halogens is 3. The molecule has 0 unspecified atom stereocenters. The number of ketones is 1. The van der Waals surface area contributed by atoms with Crippen LogP contribution in [0.5, 0.6) is 5.75 Å². The molecule has 1 aromatic heterocycles. The van der Waals surface area contributed by atoms with Crippen LogP contribution in [0, 0.1) is 0 Å². The van der Waals surface area contributed by atoms with Gasteiger partial charge >= 0.3 is 0 Å². The first kappa shape index (κ1) is 16.2. The second-order valence-electron chi connectivity index (χ2n) is 4.03. The number of Topliss-reactive ketones (excluding diaryl/α,β-unsaturated/α-hetero) is 1. The molecule has 0 bridgehead atoms. The molecule has 0 saturated carbocycles. The van der Waals surface area contributed by atoms with E-state index >= 15 is 0 Å². The lowest BCUT2D eigenvalue weighted by Crippen LogP contribution is -2.10. The second-order valence-corrected chi connectivity index (χ2v) is 7.82. The summed E-state index contributed by atoms with van der Waals surface area (Å²) in [6, 6.07) is 7.61. The van der Waals surface area contributed by atoms with Crippen molar-refractivity contribution in [2.24, 2.45) is 0 Å². The highest BCUT2D eigenvalue weighted by molar-refractivity contribution is 9.11. The van der Waals surface area contributed by atoms with Gasteiger partial charge in [-0.05, 0) is 62.5 Å². The summed E-state index contributed by atoms with van der Waals surface area (Å²) in [5, 5.41) is 0.